The van der Waals surface area contributed by atoms with Crippen LogP contribution in [0.25, 0.3) is 0 Å². The first-order chi connectivity index (χ1) is 11.0. The number of sulfonamides is 1. The number of anilines is 3. The fourth-order valence-electron chi connectivity index (χ4n) is 1.79. The van der Waals surface area contributed by atoms with Gasteiger partial charge in [0.1, 0.15) is 23.3 Å². The minimum Gasteiger partial charge on any atom is -0.369 e. The van der Waals surface area contributed by atoms with Gasteiger partial charge in [-0.1, -0.05) is 6.07 Å². The molecule has 0 aliphatic rings. The number of nitrogens with zero attached hydrogens (tertiary/aromatic N) is 3. The molecule has 0 saturated carbocycles. The van der Waals surface area contributed by atoms with Crippen LogP contribution >= 0.6 is 0 Å². The van der Waals surface area contributed by atoms with Crippen molar-refractivity contribution in [3.63, 3.8) is 0 Å². The van der Waals surface area contributed by atoms with Gasteiger partial charge in [-0.3, -0.25) is 0 Å². The second kappa shape index (κ2) is 7.84. The third-order valence-corrected chi connectivity index (χ3v) is 4.30. The van der Waals surface area contributed by atoms with Gasteiger partial charge in [0.2, 0.25) is 10.0 Å². The van der Waals surface area contributed by atoms with Gasteiger partial charge in [0.25, 0.3) is 0 Å². The van der Waals surface area contributed by atoms with Crippen LogP contribution < -0.4 is 15.4 Å². The minimum absolute atomic E-state index is 0.0672. The van der Waals surface area contributed by atoms with Crippen molar-refractivity contribution in [1.29, 1.82) is 0 Å². The maximum Gasteiger partial charge on any atom is 0.211 e. The van der Waals surface area contributed by atoms with E-state index in [1.54, 1.807) is 26.1 Å². The zero-order chi connectivity index (χ0) is 16.7. The van der Waals surface area contributed by atoms with Crippen LogP contribution in [0.15, 0.2) is 30.5 Å². The maximum absolute atomic E-state index is 11.3. The summed E-state index contributed by atoms with van der Waals surface area (Å²) >= 11 is 0. The molecular weight excluding hydrogens is 316 g/mol. The van der Waals surface area contributed by atoms with Crippen molar-refractivity contribution >= 4 is 27.5 Å². The summed E-state index contributed by atoms with van der Waals surface area (Å²) in [6.45, 7) is 4.11. The quantitative estimate of drug-likeness (QED) is 0.623. The highest BCUT2D eigenvalue weighted by molar-refractivity contribution is 7.89. The monoisotopic (exact) mass is 336 g/mol. The Morgan fingerprint density at radius 3 is 2.57 bits per heavy atom. The molecule has 23 heavy (non-hydrogen) atoms. The lowest BCUT2D eigenvalue weighted by atomic mass is 10.4. The molecule has 0 fully saturated rings. The van der Waals surface area contributed by atoms with Crippen molar-refractivity contribution < 1.29 is 8.42 Å². The van der Waals surface area contributed by atoms with Crippen molar-refractivity contribution in [2.24, 2.45) is 0 Å². The highest BCUT2D eigenvalue weighted by atomic mass is 32.2. The van der Waals surface area contributed by atoms with Crippen LogP contribution in [0.5, 0.6) is 0 Å². The molecule has 0 atom stereocenters. The summed E-state index contributed by atoms with van der Waals surface area (Å²) < 4.78 is 25.2. The van der Waals surface area contributed by atoms with E-state index in [0.717, 1.165) is 0 Å². The predicted molar refractivity (Wildman–Crippen MR) is 90.2 cm³/mol. The van der Waals surface area contributed by atoms with Crippen molar-refractivity contribution in [2.45, 2.75) is 13.8 Å². The largest absolute Gasteiger partial charge is 0.369 e. The summed E-state index contributed by atoms with van der Waals surface area (Å²) in [4.78, 5) is 12.7. The van der Waals surface area contributed by atoms with Crippen LogP contribution in [-0.4, -0.2) is 42.2 Å². The molecule has 0 unspecified atom stereocenters. The van der Waals surface area contributed by atoms with E-state index in [1.807, 2.05) is 18.2 Å². The van der Waals surface area contributed by atoms with E-state index in [2.05, 4.69) is 30.3 Å². The van der Waals surface area contributed by atoms with Crippen molar-refractivity contribution in [3.8, 4) is 0 Å². The van der Waals surface area contributed by atoms with Crippen LogP contribution in [0.2, 0.25) is 0 Å². The molecule has 9 heteroatoms. The molecular formula is C14H20N6O2S. The van der Waals surface area contributed by atoms with Gasteiger partial charge in [0.15, 0.2) is 0 Å². The topological polar surface area (TPSA) is 109 Å². The number of nitrogens with one attached hydrogen (secondary N) is 3. The molecule has 2 aromatic rings. The van der Waals surface area contributed by atoms with E-state index in [0.29, 0.717) is 36.4 Å². The van der Waals surface area contributed by atoms with Gasteiger partial charge in [-0.05, 0) is 26.0 Å². The second-order valence-corrected chi connectivity index (χ2v) is 6.85. The first-order valence-electron chi connectivity index (χ1n) is 7.23. The summed E-state index contributed by atoms with van der Waals surface area (Å²) in [6.07, 6.45) is 1.69. The number of pyridine rings is 1. The number of hydrogen-bond donors (Lipinski definition) is 3. The molecule has 0 amide bonds. The van der Waals surface area contributed by atoms with Crippen molar-refractivity contribution in [3.05, 3.63) is 36.3 Å². The molecule has 3 N–H and O–H groups in total. The van der Waals surface area contributed by atoms with Gasteiger partial charge in [-0.25, -0.2) is 28.1 Å². The fraction of sp³-hybridized carbons (Fsp3) is 0.357. The van der Waals surface area contributed by atoms with Gasteiger partial charge in [-0.15, -0.1) is 0 Å². The Balaban J connectivity index is 1.95. The standard InChI is InChI=1S/C14H20N6O2S/c1-3-23(21,22)17-9-8-16-13-10-14(19-11(2)18-13)20-12-6-4-5-7-15-12/h4-7,10,17H,3,8-9H2,1-2H3,(H2,15,16,18,19,20). The third-order valence-electron chi connectivity index (χ3n) is 2.89. The Hall–Kier alpha value is -2.26. The highest BCUT2D eigenvalue weighted by Gasteiger charge is 2.06. The normalized spacial score (nSPS) is 11.2. The van der Waals surface area contributed by atoms with E-state index in [-0.39, 0.29) is 5.75 Å². The molecule has 2 heterocycles. The second-order valence-electron chi connectivity index (χ2n) is 4.75. The van der Waals surface area contributed by atoms with Crippen LogP contribution in [0, 0.1) is 6.92 Å². The lowest BCUT2D eigenvalue weighted by Gasteiger charge is -2.10. The summed E-state index contributed by atoms with van der Waals surface area (Å²) in [5.41, 5.74) is 0. The Labute approximate surface area is 135 Å². The van der Waals surface area contributed by atoms with E-state index >= 15 is 0 Å². The average molecular weight is 336 g/mol. The lowest BCUT2D eigenvalue weighted by molar-refractivity contribution is 0.584. The molecule has 0 bridgehead atoms. The average Bonchev–Trinajstić information content (AvgIpc) is 2.52. The van der Waals surface area contributed by atoms with E-state index < -0.39 is 10.0 Å². The number of aryl methyl sites for hydroxylation is 1. The number of aromatic nitrogens is 3. The van der Waals surface area contributed by atoms with Gasteiger partial charge in [-0.2, -0.15) is 0 Å². The SMILES string of the molecule is CCS(=O)(=O)NCCNc1cc(Nc2ccccn2)nc(C)n1. The van der Waals surface area contributed by atoms with E-state index in [9.17, 15) is 8.42 Å². The lowest BCUT2D eigenvalue weighted by Crippen LogP contribution is -2.30. The minimum atomic E-state index is -3.17. The first-order valence-corrected chi connectivity index (χ1v) is 8.88. The smallest absolute Gasteiger partial charge is 0.211 e. The van der Waals surface area contributed by atoms with E-state index in [4.69, 9.17) is 0 Å². The Kier molecular flexibility index (Phi) is 5.83. The van der Waals surface area contributed by atoms with Crippen LogP contribution in [0.3, 0.4) is 0 Å². The summed E-state index contributed by atoms with van der Waals surface area (Å²) in [6, 6.07) is 7.29. The summed E-state index contributed by atoms with van der Waals surface area (Å²) in [5, 5.41) is 6.17. The molecule has 2 rings (SSSR count). The van der Waals surface area contributed by atoms with Gasteiger partial charge >= 0.3 is 0 Å². The predicted octanol–water partition coefficient (Wildman–Crippen LogP) is 1.27. The van der Waals surface area contributed by atoms with E-state index in [1.165, 1.54) is 0 Å². The van der Waals surface area contributed by atoms with Gasteiger partial charge in [0.05, 0.1) is 5.75 Å². The Morgan fingerprint density at radius 1 is 1.09 bits per heavy atom. The van der Waals surface area contributed by atoms with Crippen molar-refractivity contribution in [2.75, 3.05) is 29.5 Å². The summed E-state index contributed by atoms with van der Waals surface area (Å²) in [7, 11) is -3.17. The molecule has 0 radical (unpaired) electrons. The first kappa shape index (κ1) is 17.1. The molecule has 0 saturated heterocycles. The molecule has 2 aromatic heterocycles. The third kappa shape index (κ3) is 5.80. The highest BCUT2D eigenvalue weighted by Crippen LogP contribution is 2.15. The fourth-order valence-corrected chi connectivity index (χ4v) is 2.41. The maximum atomic E-state index is 11.3. The molecule has 0 spiro atoms. The van der Waals surface area contributed by atoms with Crippen LogP contribution in [0.1, 0.15) is 12.7 Å². The number of rotatable bonds is 8. The molecule has 0 aromatic carbocycles. The molecule has 8 nitrogen and oxygen atoms in total. The van der Waals surface area contributed by atoms with Gasteiger partial charge in [0, 0.05) is 25.4 Å². The molecule has 0 aliphatic carbocycles. The van der Waals surface area contributed by atoms with Crippen LogP contribution in [0.4, 0.5) is 17.5 Å². The molecule has 0 aliphatic heterocycles. The van der Waals surface area contributed by atoms with Gasteiger partial charge < -0.3 is 10.6 Å². The zero-order valence-corrected chi connectivity index (χ0v) is 13.9. The Morgan fingerprint density at radius 2 is 1.87 bits per heavy atom. The van der Waals surface area contributed by atoms with Crippen LogP contribution in [-0.2, 0) is 10.0 Å². The Bertz CT molecular complexity index is 736. The number of hydrogen-bond acceptors (Lipinski definition) is 7. The summed E-state index contributed by atoms with van der Waals surface area (Å²) in [5.74, 6) is 2.59. The molecule has 124 valence electrons. The zero-order valence-electron chi connectivity index (χ0n) is 13.1. The van der Waals surface area contributed by atoms with Crippen molar-refractivity contribution in [1.82, 2.24) is 19.7 Å².